The molecular weight excluding hydrogens is 487 g/mol. The van der Waals surface area contributed by atoms with E-state index in [4.69, 9.17) is 11.6 Å². The minimum atomic E-state index is -3.97. The van der Waals surface area contributed by atoms with E-state index in [1.54, 1.807) is 31.2 Å². The summed E-state index contributed by atoms with van der Waals surface area (Å²) in [7, 11) is -3.97. The maximum absolute atomic E-state index is 14.8. The number of amides is 1. The van der Waals surface area contributed by atoms with Crippen LogP contribution in [0.3, 0.4) is 0 Å². The van der Waals surface area contributed by atoms with Crippen LogP contribution >= 0.6 is 25.1 Å². The van der Waals surface area contributed by atoms with E-state index in [1.807, 2.05) is 0 Å². The maximum atomic E-state index is 14.8. The summed E-state index contributed by atoms with van der Waals surface area (Å²) in [6.07, 6.45) is 0.390. The normalized spacial score (nSPS) is 19.5. The van der Waals surface area contributed by atoms with Gasteiger partial charge >= 0.3 is 0 Å². The zero-order chi connectivity index (χ0) is 23.3. The largest absolute Gasteiger partial charge is 0.392 e. The molecule has 3 atom stereocenters. The lowest BCUT2D eigenvalue weighted by Gasteiger charge is -2.35. The fraction of sp³-hybridized carbons (Fsp3) is 0.435. The Kier molecular flexibility index (Phi) is 10.2. The molecule has 0 heterocycles. The van der Waals surface area contributed by atoms with Gasteiger partial charge in [-0.05, 0) is 61.7 Å². The van der Waals surface area contributed by atoms with Crippen LogP contribution in [0.4, 0.5) is 4.39 Å². The van der Waals surface area contributed by atoms with Gasteiger partial charge in [-0.3, -0.25) is 4.79 Å². The lowest BCUT2D eigenvalue weighted by Crippen LogP contribution is -2.46. The highest BCUT2D eigenvalue weighted by Gasteiger charge is 2.38. The molecule has 1 fully saturated rings. The van der Waals surface area contributed by atoms with Crippen molar-refractivity contribution in [3.05, 3.63) is 64.7 Å². The number of aliphatic hydroxyl groups is 1. The van der Waals surface area contributed by atoms with Crippen molar-refractivity contribution in [1.82, 2.24) is 9.62 Å². The zero-order valence-electron chi connectivity index (χ0n) is 18.4. The highest BCUT2D eigenvalue weighted by atomic mass is 35.5. The Morgan fingerprint density at radius 2 is 1.76 bits per heavy atom. The minimum absolute atomic E-state index is 0. The Balaban J connectivity index is 0.00000385. The number of sulfonamides is 1. The fourth-order valence-electron chi connectivity index (χ4n) is 3.80. The number of nitrogens with one attached hydrogen (secondary N) is 1. The highest BCUT2D eigenvalue weighted by molar-refractivity contribution is 7.89. The van der Waals surface area contributed by atoms with Gasteiger partial charge in [-0.25, -0.2) is 12.8 Å². The third-order valence-corrected chi connectivity index (χ3v) is 7.69. The molecule has 0 radical (unpaired) electrons. The van der Waals surface area contributed by atoms with Gasteiger partial charge in [0.1, 0.15) is 6.17 Å². The first-order valence-electron chi connectivity index (χ1n) is 10.6. The Hall–Kier alpha value is -1.65. The van der Waals surface area contributed by atoms with Crippen molar-refractivity contribution in [3.63, 3.8) is 0 Å². The van der Waals surface area contributed by atoms with Gasteiger partial charge in [-0.1, -0.05) is 36.6 Å². The number of benzene rings is 2. The van der Waals surface area contributed by atoms with E-state index in [-0.39, 0.29) is 37.4 Å². The molecule has 0 aromatic heterocycles. The van der Waals surface area contributed by atoms with Crippen molar-refractivity contribution in [2.45, 2.75) is 62.4 Å². The van der Waals surface area contributed by atoms with E-state index >= 15 is 0 Å². The molecule has 33 heavy (non-hydrogen) atoms. The summed E-state index contributed by atoms with van der Waals surface area (Å²) in [6.45, 7) is 1.70. The molecule has 10 heteroatoms. The summed E-state index contributed by atoms with van der Waals surface area (Å²) in [5, 5.41) is 12.3. The number of rotatable bonds is 8. The van der Waals surface area contributed by atoms with Gasteiger partial charge in [0, 0.05) is 23.7 Å². The Bertz CT molecular complexity index is 1020. The third-order valence-electron chi connectivity index (χ3n) is 5.55. The molecule has 3 rings (SSSR count). The van der Waals surface area contributed by atoms with E-state index < -0.39 is 28.3 Å². The second-order valence-electron chi connectivity index (χ2n) is 8.13. The number of halogens is 2. The molecule has 1 aliphatic carbocycles. The van der Waals surface area contributed by atoms with Gasteiger partial charge in [0.25, 0.3) is 5.91 Å². The molecule has 0 spiro atoms. The van der Waals surface area contributed by atoms with Gasteiger partial charge in [-0.15, -0.1) is 0 Å². The average Bonchev–Trinajstić information content (AvgIpc) is 2.77. The van der Waals surface area contributed by atoms with Crippen LogP contribution in [0.25, 0.3) is 0 Å². The summed E-state index contributed by atoms with van der Waals surface area (Å²) in [4.78, 5) is 12.2. The SMILES string of the molecule is C[C@H](O)CNC(=O)c1ccc(CN(C2CCCCC2F)S(=O)(=O)c2ccc(Cl)cc2)cc1.S. The molecule has 0 bridgehead atoms. The van der Waals surface area contributed by atoms with Crippen LogP contribution in [0.1, 0.15) is 48.5 Å². The molecule has 6 nitrogen and oxygen atoms in total. The zero-order valence-corrected chi connectivity index (χ0v) is 20.9. The number of hydrogen-bond acceptors (Lipinski definition) is 4. The Morgan fingerprint density at radius 3 is 2.33 bits per heavy atom. The van der Waals surface area contributed by atoms with Crippen molar-refractivity contribution in [2.75, 3.05) is 6.54 Å². The first-order chi connectivity index (χ1) is 15.2. The lowest BCUT2D eigenvalue weighted by atomic mass is 9.93. The van der Waals surface area contributed by atoms with Crippen molar-refractivity contribution in [3.8, 4) is 0 Å². The molecule has 0 saturated heterocycles. The van der Waals surface area contributed by atoms with Crippen molar-refractivity contribution in [2.24, 2.45) is 0 Å². The molecule has 2 unspecified atom stereocenters. The number of carbonyl (C=O) groups excluding carboxylic acids is 1. The maximum Gasteiger partial charge on any atom is 0.251 e. The van der Waals surface area contributed by atoms with E-state index in [9.17, 15) is 22.7 Å². The molecule has 2 aromatic rings. The lowest BCUT2D eigenvalue weighted by molar-refractivity contribution is 0.0924. The predicted molar refractivity (Wildman–Crippen MR) is 132 cm³/mol. The number of hydrogen-bond donors (Lipinski definition) is 2. The second-order valence-corrected chi connectivity index (χ2v) is 10.5. The standard InChI is InChI=1S/C23H28ClFN2O4S.H2S/c1-16(28)14-26-23(29)18-8-6-17(7-9-18)15-27(22-5-3-2-4-21(22)25)32(30,31)20-12-10-19(24)11-13-20;/h6-13,16,21-22,28H,2-5,14-15H2,1H3,(H,26,29);1H2/t16-,21?,22?;/m0./s1. The van der Waals surface area contributed by atoms with Gasteiger partial charge in [0.2, 0.25) is 10.0 Å². The molecule has 1 saturated carbocycles. The van der Waals surface area contributed by atoms with E-state index in [2.05, 4.69) is 5.32 Å². The minimum Gasteiger partial charge on any atom is -0.392 e. The fourth-order valence-corrected chi connectivity index (χ4v) is 5.59. The molecule has 2 N–H and O–H groups in total. The monoisotopic (exact) mass is 516 g/mol. The smallest absolute Gasteiger partial charge is 0.251 e. The van der Waals surface area contributed by atoms with Gasteiger partial charge in [-0.2, -0.15) is 17.8 Å². The third kappa shape index (κ3) is 7.16. The Labute approximate surface area is 206 Å². The predicted octanol–water partition coefficient (Wildman–Crippen LogP) is 4.04. The van der Waals surface area contributed by atoms with Gasteiger partial charge in [0.05, 0.1) is 17.0 Å². The first-order valence-corrected chi connectivity index (χ1v) is 12.5. The number of nitrogens with zero attached hydrogens (tertiary/aromatic N) is 1. The van der Waals surface area contributed by atoms with Crippen molar-refractivity contribution >= 4 is 41.0 Å². The molecule has 1 amide bonds. The number of carbonyl (C=O) groups is 1. The topological polar surface area (TPSA) is 86.7 Å². The van der Waals surface area contributed by atoms with Crippen LogP contribution in [0, 0.1) is 0 Å². The molecular formula is C23H30ClFN2O4S2. The van der Waals surface area contributed by atoms with Gasteiger partial charge in [0.15, 0.2) is 0 Å². The quantitative estimate of drug-likeness (QED) is 0.554. The van der Waals surface area contributed by atoms with Crippen LogP contribution < -0.4 is 5.32 Å². The van der Waals surface area contributed by atoms with Crippen LogP contribution in [0.5, 0.6) is 0 Å². The number of aliphatic hydroxyl groups excluding tert-OH is 1. The van der Waals surface area contributed by atoms with Crippen molar-refractivity contribution < 1.29 is 22.7 Å². The summed E-state index contributed by atoms with van der Waals surface area (Å²) >= 11 is 5.91. The van der Waals surface area contributed by atoms with Crippen LogP contribution in [0.15, 0.2) is 53.4 Å². The van der Waals surface area contributed by atoms with Gasteiger partial charge < -0.3 is 10.4 Å². The highest BCUT2D eigenvalue weighted by Crippen LogP contribution is 2.31. The van der Waals surface area contributed by atoms with E-state index in [0.717, 1.165) is 12.8 Å². The van der Waals surface area contributed by atoms with Crippen molar-refractivity contribution in [1.29, 1.82) is 0 Å². The molecule has 182 valence electrons. The first kappa shape index (κ1) is 27.6. The van der Waals surface area contributed by atoms with Crippen LogP contribution in [-0.4, -0.2) is 48.6 Å². The Morgan fingerprint density at radius 1 is 1.15 bits per heavy atom. The number of alkyl halides is 1. The summed E-state index contributed by atoms with van der Waals surface area (Å²) in [5.74, 6) is -0.334. The van der Waals surface area contributed by atoms with E-state index in [1.165, 1.54) is 28.6 Å². The van der Waals surface area contributed by atoms with Crippen LogP contribution in [0.2, 0.25) is 5.02 Å². The average molecular weight is 517 g/mol. The van der Waals surface area contributed by atoms with Crippen LogP contribution in [-0.2, 0) is 16.6 Å². The molecule has 0 aliphatic heterocycles. The second kappa shape index (κ2) is 12.2. The summed E-state index contributed by atoms with van der Waals surface area (Å²) in [5.41, 5.74) is 1.04. The summed E-state index contributed by atoms with van der Waals surface area (Å²) in [6, 6.07) is 11.6. The molecule has 1 aliphatic rings. The molecule has 2 aromatic carbocycles. The van der Waals surface area contributed by atoms with E-state index in [0.29, 0.717) is 29.0 Å². The summed E-state index contributed by atoms with van der Waals surface area (Å²) < 4.78 is 43.0.